The summed E-state index contributed by atoms with van der Waals surface area (Å²) in [6, 6.07) is 41.6. The third kappa shape index (κ3) is 6.02. The monoisotopic (exact) mass is 807 g/mol. The zero-order valence-corrected chi connectivity index (χ0v) is 28.7. The molecule has 0 unspecified atom stereocenters. The van der Waals surface area contributed by atoms with E-state index in [2.05, 4.69) is 109 Å². The van der Waals surface area contributed by atoms with Gasteiger partial charge in [-0.3, -0.25) is 4.98 Å². The maximum absolute atomic E-state index is 11.1. The van der Waals surface area contributed by atoms with Gasteiger partial charge in [-0.2, -0.15) is 0 Å². The SMILES string of the molecule is C.Cc1cnc(-c2[c-]c(-c3cccc4c3nc(-c3cc5c(cc3O)CCCC5)n4C)cc(-c3ccccc3)c2)cc1-c1ccccc1.[Pt]. The summed E-state index contributed by atoms with van der Waals surface area (Å²) in [5.41, 5.74) is 14.7. The maximum Gasteiger partial charge on any atom is 0.143 e. The Hall–Kier alpha value is -4.79. The first kappa shape index (κ1) is 33.1. The molecule has 1 N–H and O–H groups in total. The van der Waals surface area contributed by atoms with Gasteiger partial charge in [0.25, 0.3) is 0 Å². The van der Waals surface area contributed by atoms with Crippen molar-refractivity contribution >= 4 is 11.0 Å². The summed E-state index contributed by atoms with van der Waals surface area (Å²) in [6.07, 6.45) is 6.38. The van der Waals surface area contributed by atoms with Gasteiger partial charge in [0.2, 0.25) is 0 Å². The number of fused-ring (bicyclic) bond motifs is 2. The largest absolute Gasteiger partial charge is 0.507 e. The first-order valence-corrected chi connectivity index (χ1v) is 16.0. The first-order chi connectivity index (χ1) is 22.5. The van der Waals surface area contributed by atoms with Crippen LogP contribution >= 0.6 is 0 Å². The van der Waals surface area contributed by atoms with Gasteiger partial charge in [0.05, 0.1) is 16.6 Å². The van der Waals surface area contributed by atoms with E-state index >= 15 is 0 Å². The second-order valence-corrected chi connectivity index (χ2v) is 12.3. The van der Waals surface area contributed by atoms with Gasteiger partial charge < -0.3 is 9.67 Å². The molecule has 48 heavy (non-hydrogen) atoms. The molecule has 0 spiro atoms. The number of nitrogens with zero attached hydrogens (tertiary/aromatic N) is 3. The third-order valence-electron chi connectivity index (χ3n) is 9.34. The molecule has 4 nitrogen and oxygen atoms in total. The molecule has 2 aromatic heterocycles. The quantitative estimate of drug-likeness (QED) is 0.176. The van der Waals surface area contributed by atoms with Crippen LogP contribution in [0, 0.1) is 13.0 Å². The Balaban J connectivity index is 0.00000201. The van der Waals surface area contributed by atoms with E-state index < -0.39 is 0 Å². The van der Waals surface area contributed by atoms with Gasteiger partial charge >= 0.3 is 0 Å². The fourth-order valence-corrected chi connectivity index (χ4v) is 6.87. The maximum atomic E-state index is 11.1. The number of pyridine rings is 1. The molecule has 0 amide bonds. The summed E-state index contributed by atoms with van der Waals surface area (Å²) in [6.45, 7) is 2.11. The van der Waals surface area contributed by atoms with Gasteiger partial charge in [0.15, 0.2) is 0 Å². The Morgan fingerprint density at radius 1 is 0.688 bits per heavy atom. The molecule has 0 fully saturated rings. The van der Waals surface area contributed by atoms with Crippen LogP contribution in [0.25, 0.3) is 67.1 Å². The zero-order chi connectivity index (χ0) is 31.2. The van der Waals surface area contributed by atoms with Gasteiger partial charge in [-0.25, -0.2) is 4.98 Å². The Morgan fingerprint density at radius 3 is 2.08 bits per heavy atom. The number of phenolic OH excluding ortho intramolecular Hbond substituents is 1. The summed E-state index contributed by atoms with van der Waals surface area (Å²) < 4.78 is 2.10. The number of para-hydroxylation sites is 1. The predicted octanol–water partition coefficient (Wildman–Crippen LogP) is 10.6. The van der Waals surface area contributed by atoms with Gasteiger partial charge in [-0.05, 0) is 84.2 Å². The molecule has 242 valence electrons. The normalized spacial score (nSPS) is 12.2. The van der Waals surface area contributed by atoms with Crippen LogP contribution in [0.3, 0.4) is 0 Å². The molecular weight excluding hydrogens is 770 g/mol. The van der Waals surface area contributed by atoms with Crippen molar-refractivity contribution in [2.45, 2.75) is 40.0 Å². The van der Waals surface area contributed by atoms with Crippen LogP contribution in [0.2, 0.25) is 0 Å². The van der Waals surface area contributed by atoms with Crippen molar-refractivity contribution < 1.29 is 26.2 Å². The van der Waals surface area contributed by atoms with E-state index in [0.717, 1.165) is 79.9 Å². The molecule has 0 radical (unpaired) electrons. The number of aryl methyl sites for hydroxylation is 4. The molecule has 1 aliphatic carbocycles. The molecule has 8 rings (SSSR count). The molecule has 2 heterocycles. The van der Waals surface area contributed by atoms with Gasteiger partial charge in [0, 0.05) is 40.0 Å². The number of rotatable bonds is 5. The molecule has 0 atom stereocenters. The molecule has 0 saturated carbocycles. The second-order valence-electron chi connectivity index (χ2n) is 12.3. The molecule has 0 bridgehead atoms. The summed E-state index contributed by atoms with van der Waals surface area (Å²) in [5.74, 6) is 1.06. The van der Waals surface area contributed by atoms with E-state index in [1.54, 1.807) is 0 Å². The number of imidazole rings is 1. The number of hydrogen-bond donors (Lipinski definition) is 1. The Morgan fingerprint density at radius 2 is 1.35 bits per heavy atom. The van der Waals surface area contributed by atoms with Gasteiger partial charge in [-0.15, -0.1) is 23.8 Å². The van der Waals surface area contributed by atoms with Crippen molar-refractivity contribution in [3.8, 4) is 61.8 Å². The van der Waals surface area contributed by atoms with E-state index in [1.807, 2.05) is 31.4 Å². The number of hydrogen-bond acceptors (Lipinski definition) is 3. The van der Waals surface area contributed by atoms with Crippen LogP contribution < -0.4 is 0 Å². The van der Waals surface area contributed by atoms with E-state index in [1.165, 1.54) is 29.5 Å². The standard InChI is InChI=1S/C42H34N3O.CH4.Pt/c1-27-26-43-38(25-36(27)29-14-7-4-8-15-29)34-21-32(28-12-5-3-6-13-28)20-33(22-34)35-18-11-19-39-41(35)44-42(45(39)2)37-23-30-16-9-10-17-31(30)24-40(37)46;;/h3-8,11-15,18-21,23-26,46H,9-10,16-17H2,1-2H3;1H4;/q-1;;. The number of aromatic nitrogens is 3. The first-order valence-electron chi connectivity index (χ1n) is 16.0. The van der Waals surface area contributed by atoms with E-state index in [-0.39, 0.29) is 28.5 Å². The molecular formula is C43H38N3OPt-. The van der Waals surface area contributed by atoms with Crippen molar-refractivity contribution in [1.29, 1.82) is 0 Å². The van der Waals surface area contributed by atoms with Gasteiger partial charge in [0.1, 0.15) is 11.6 Å². The van der Waals surface area contributed by atoms with Crippen LogP contribution in [0.15, 0.2) is 115 Å². The van der Waals surface area contributed by atoms with Crippen molar-refractivity contribution in [3.63, 3.8) is 0 Å². The van der Waals surface area contributed by atoms with Crippen molar-refractivity contribution in [2.24, 2.45) is 7.05 Å². The number of benzene rings is 5. The van der Waals surface area contributed by atoms with Crippen molar-refractivity contribution in [2.75, 3.05) is 0 Å². The van der Waals surface area contributed by atoms with Crippen LogP contribution in [0.4, 0.5) is 0 Å². The minimum atomic E-state index is 0. The number of phenols is 1. The van der Waals surface area contributed by atoms with Crippen molar-refractivity contribution in [3.05, 3.63) is 138 Å². The smallest absolute Gasteiger partial charge is 0.143 e. The van der Waals surface area contributed by atoms with Crippen LogP contribution in [-0.4, -0.2) is 19.6 Å². The fraction of sp³-hybridized carbons (Fsp3) is 0.163. The molecule has 5 heteroatoms. The Bertz CT molecular complexity index is 2240. The molecule has 7 aromatic rings. The van der Waals surface area contributed by atoms with Crippen molar-refractivity contribution in [1.82, 2.24) is 14.5 Å². The topological polar surface area (TPSA) is 50.9 Å². The summed E-state index contributed by atoms with van der Waals surface area (Å²) in [4.78, 5) is 10.1. The van der Waals surface area contributed by atoms with E-state index in [4.69, 9.17) is 9.97 Å². The summed E-state index contributed by atoms with van der Waals surface area (Å²) >= 11 is 0. The van der Waals surface area contributed by atoms with Gasteiger partial charge in [-0.1, -0.05) is 103 Å². The summed E-state index contributed by atoms with van der Waals surface area (Å²) in [7, 11) is 2.03. The molecule has 0 saturated heterocycles. The predicted molar refractivity (Wildman–Crippen MR) is 194 cm³/mol. The number of aromatic hydroxyl groups is 1. The Labute approximate surface area is 297 Å². The van der Waals surface area contributed by atoms with E-state index in [9.17, 15) is 5.11 Å². The van der Waals surface area contributed by atoms with Crippen LogP contribution in [0.1, 0.15) is 37.0 Å². The zero-order valence-electron chi connectivity index (χ0n) is 26.4. The minimum Gasteiger partial charge on any atom is -0.507 e. The van der Waals surface area contributed by atoms with E-state index in [0.29, 0.717) is 5.75 Å². The average molecular weight is 808 g/mol. The second kappa shape index (κ2) is 13.7. The molecule has 0 aliphatic heterocycles. The summed E-state index contributed by atoms with van der Waals surface area (Å²) in [5, 5.41) is 11.1. The molecule has 1 aliphatic rings. The third-order valence-corrected chi connectivity index (χ3v) is 9.34. The van der Waals surface area contributed by atoms with Crippen LogP contribution in [-0.2, 0) is 41.0 Å². The minimum absolute atomic E-state index is 0. The molecule has 5 aromatic carbocycles. The fourth-order valence-electron chi connectivity index (χ4n) is 6.87. The van der Waals surface area contributed by atoms with Crippen LogP contribution in [0.5, 0.6) is 5.75 Å². The Kier molecular flexibility index (Phi) is 9.49. The average Bonchev–Trinajstić information content (AvgIpc) is 3.44.